The first kappa shape index (κ1) is 36.2. The van der Waals surface area contributed by atoms with Crippen LogP contribution in [0.25, 0.3) is 0 Å². The van der Waals surface area contributed by atoms with Gasteiger partial charge in [0, 0.05) is 29.4 Å². The highest BCUT2D eigenvalue weighted by atomic mass is 16.6. The van der Waals surface area contributed by atoms with Crippen LogP contribution in [-0.2, 0) is 47.7 Å². The number of aliphatic hydroxyl groups is 1. The van der Waals surface area contributed by atoms with E-state index >= 15 is 0 Å². The molecule has 0 rings (SSSR count). The standard InChI is InChI=1S/C14H18O7.C13H20O4/c1-4-11(16)19-8-14(7-15,9-20-12(17)5-2)10-21-13(18)6-3;1-10(2)12(14)16-8-6-5-7-9-17-13(15)11(3)4/h4-6,15H,1-3,7-10H2;1,3,5-9H2,2,4H3. The second-order valence-corrected chi connectivity index (χ2v) is 7.99. The Morgan fingerprint density at radius 3 is 1.18 bits per heavy atom. The third-order valence-corrected chi connectivity index (χ3v) is 4.35. The zero-order valence-corrected chi connectivity index (χ0v) is 22.2. The normalized spacial score (nSPS) is 9.87. The first-order chi connectivity index (χ1) is 17.9. The largest absolute Gasteiger partial charge is 0.462 e. The maximum Gasteiger partial charge on any atom is 0.333 e. The molecule has 38 heavy (non-hydrogen) atoms. The Bertz CT molecular complexity index is 780. The number of aliphatic hydroxyl groups excluding tert-OH is 1. The van der Waals surface area contributed by atoms with Crippen LogP contribution in [0.5, 0.6) is 0 Å². The number of carbonyl (C=O) groups is 5. The maximum absolute atomic E-state index is 11.1. The molecule has 1 N–H and O–H groups in total. The van der Waals surface area contributed by atoms with Crippen LogP contribution >= 0.6 is 0 Å². The van der Waals surface area contributed by atoms with E-state index in [1.54, 1.807) is 13.8 Å². The summed E-state index contributed by atoms with van der Waals surface area (Å²) in [5.74, 6) is -2.90. The zero-order valence-electron chi connectivity index (χ0n) is 22.2. The Kier molecular flexibility index (Phi) is 20.1. The lowest BCUT2D eigenvalue weighted by Crippen LogP contribution is -2.42. The van der Waals surface area contributed by atoms with Crippen molar-refractivity contribution in [1.82, 2.24) is 0 Å². The lowest BCUT2D eigenvalue weighted by molar-refractivity contribution is -0.159. The molecular weight excluding hydrogens is 500 g/mol. The molecule has 0 amide bonds. The second kappa shape index (κ2) is 21.1. The van der Waals surface area contributed by atoms with Gasteiger partial charge in [-0.25, -0.2) is 24.0 Å². The van der Waals surface area contributed by atoms with Gasteiger partial charge in [-0.15, -0.1) is 0 Å². The number of rotatable bonds is 18. The minimum atomic E-state index is -1.28. The van der Waals surface area contributed by atoms with Crippen molar-refractivity contribution in [3.05, 3.63) is 62.3 Å². The van der Waals surface area contributed by atoms with E-state index in [0.29, 0.717) is 24.4 Å². The highest BCUT2D eigenvalue weighted by molar-refractivity contribution is 5.87. The molecule has 0 aromatic carbocycles. The van der Waals surface area contributed by atoms with Gasteiger partial charge in [-0.2, -0.15) is 0 Å². The molecule has 0 atom stereocenters. The molecular formula is C27H38O11. The number of unbranched alkanes of at least 4 members (excludes halogenated alkanes) is 2. The molecule has 0 heterocycles. The van der Waals surface area contributed by atoms with E-state index in [0.717, 1.165) is 37.5 Å². The van der Waals surface area contributed by atoms with Crippen molar-refractivity contribution >= 4 is 29.8 Å². The van der Waals surface area contributed by atoms with Gasteiger partial charge in [-0.05, 0) is 33.1 Å². The molecule has 11 heteroatoms. The van der Waals surface area contributed by atoms with E-state index in [-0.39, 0.29) is 31.8 Å². The average molecular weight is 539 g/mol. The Balaban J connectivity index is 0. The smallest absolute Gasteiger partial charge is 0.333 e. The molecule has 0 aliphatic heterocycles. The predicted molar refractivity (Wildman–Crippen MR) is 138 cm³/mol. The molecule has 0 spiro atoms. The summed E-state index contributed by atoms with van der Waals surface area (Å²) in [7, 11) is 0. The number of esters is 5. The van der Waals surface area contributed by atoms with Gasteiger partial charge < -0.3 is 28.8 Å². The van der Waals surface area contributed by atoms with Gasteiger partial charge in [0.05, 0.1) is 25.2 Å². The quantitative estimate of drug-likeness (QED) is 0.119. The van der Waals surface area contributed by atoms with Crippen LogP contribution in [0.4, 0.5) is 0 Å². The highest BCUT2D eigenvalue weighted by Crippen LogP contribution is 2.19. The van der Waals surface area contributed by atoms with Gasteiger partial charge >= 0.3 is 29.8 Å². The summed E-state index contributed by atoms with van der Waals surface area (Å²) >= 11 is 0. The molecule has 0 bridgehead atoms. The van der Waals surface area contributed by atoms with Gasteiger partial charge in [0.2, 0.25) is 0 Å². The fourth-order valence-corrected chi connectivity index (χ4v) is 2.07. The van der Waals surface area contributed by atoms with Gasteiger partial charge in [-0.1, -0.05) is 32.9 Å². The van der Waals surface area contributed by atoms with E-state index in [9.17, 15) is 29.1 Å². The Hall–Kier alpha value is -3.99. The molecule has 0 unspecified atom stereocenters. The second-order valence-electron chi connectivity index (χ2n) is 7.99. The van der Waals surface area contributed by atoms with Crippen molar-refractivity contribution in [3.63, 3.8) is 0 Å². The predicted octanol–water partition coefficient (Wildman–Crippen LogP) is 2.55. The minimum Gasteiger partial charge on any atom is -0.462 e. The summed E-state index contributed by atoms with van der Waals surface area (Å²) in [6.45, 7) is 19.1. The summed E-state index contributed by atoms with van der Waals surface area (Å²) in [6, 6.07) is 0. The van der Waals surface area contributed by atoms with Crippen molar-refractivity contribution in [2.24, 2.45) is 5.41 Å². The molecule has 212 valence electrons. The van der Waals surface area contributed by atoms with Gasteiger partial charge in [0.25, 0.3) is 0 Å². The van der Waals surface area contributed by atoms with Crippen LogP contribution < -0.4 is 0 Å². The molecule has 0 aromatic rings. The third-order valence-electron chi connectivity index (χ3n) is 4.35. The lowest BCUT2D eigenvalue weighted by atomic mass is 9.92. The van der Waals surface area contributed by atoms with Crippen molar-refractivity contribution in [1.29, 1.82) is 0 Å². The fourth-order valence-electron chi connectivity index (χ4n) is 2.07. The summed E-state index contributed by atoms with van der Waals surface area (Å²) in [5, 5.41) is 9.48. The van der Waals surface area contributed by atoms with E-state index in [1.165, 1.54) is 0 Å². The Labute approximate surface area is 223 Å². The van der Waals surface area contributed by atoms with Crippen LogP contribution in [0.2, 0.25) is 0 Å². The fraction of sp³-hybridized carbons (Fsp3) is 0.444. The average Bonchev–Trinajstić information content (AvgIpc) is 2.91. The van der Waals surface area contributed by atoms with E-state index in [2.05, 4.69) is 32.9 Å². The summed E-state index contributed by atoms with van der Waals surface area (Å²) < 4.78 is 24.3. The summed E-state index contributed by atoms with van der Waals surface area (Å²) in [4.78, 5) is 55.3. The number of ether oxygens (including phenoxy) is 5. The summed E-state index contributed by atoms with van der Waals surface area (Å²) in [6.07, 6.45) is 5.16. The molecule has 0 radical (unpaired) electrons. The molecule has 0 aliphatic rings. The Morgan fingerprint density at radius 2 is 0.947 bits per heavy atom. The molecule has 0 aromatic heterocycles. The van der Waals surface area contributed by atoms with Crippen LogP contribution in [0.3, 0.4) is 0 Å². The van der Waals surface area contributed by atoms with E-state index in [4.69, 9.17) is 23.7 Å². The molecule has 0 aliphatic carbocycles. The first-order valence-corrected chi connectivity index (χ1v) is 11.5. The van der Waals surface area contributed by atoms with Crippen LogP contribution in [0.1, 0.15) is 33.1 Å². The molecule has 0 saturated carbocycles. The number of carbonyl (C=O) groups excluding carboxylic acids is 5. The van der Waals surface area contributed by atoms with Crippen molar-refractivity contribution in [2.45, 2.75) is 33.1 Å². The number of hydrogen-bond acceptors (Lipinski definition) is 11. The topological polar surface area (TPSA) is 152 Å². The van der Waals surface area contributed by atoms with E-state index < -0.39 is 29.9 Å². The van der Waals surface area contributed by atoms with Gasteiger partial charge in [-0.3, -0.25) is 0 Å². The van der Waals surface area contributed by atoms with Gasteiger partial charge in [0.1, 0.15) is 19.8 Å². The highest BCUT2D eigenvalue weighted by Gasteiger charge is 2.35. The number of hydrogen-bond donors (Lipinski definition) is 1. The van der Waals surface area contributed by atoms with Crippen molar-refractivity contribution < 1.29 is 52.8 Å². The molecule has 11 nitrogen and oxygen atoms in total. The van der Waals surface area contributed by atoms with Crippen LogP contribution in [0, 0.1) is 5.41 Å². The van der Waals surface area contributed by atoms with Crippen molar-refractivity contribution in [3.8, 4) is 0 Å². The SMILES string of the molecule is C=C(C)C(=O)OCCCCCOC(=O)C(=C)C.C=CC(=O)OCC(CO)(COC(=O)C=C)COC(=O)C=C. The third kappa shape index (κ3) is 18.3. The molecule has 0 fully saturated rings. The monoisotopic (exact) mass is 538 g/mol. The Morgan fingerprint density at radius 1 is 0.632 bits per heavy atom. The van der Waals surface area contributed by atoms with Crippen LogP contribution in [0.15, 0.2) is 62.3 Å². The van der Waals surface area contributed by atoms with Crippen molar-refractivity contribution in [2.75, 3.05) is 39.6 Å². The van der Waals surface area contributed by atoms with Gasteiger partial charge in [0.15, 0.2) is 0 Å². The zero-order chi connectivity index (χ0) is 29.6. The lowest BCUT2D eigenvalue weighted by Gasteiger charge is -2.29. The first-order valence-electron chi connectivity index (χ1n) is 11.5. The molecule has 0 saturated heterocycles. The maximum atomic E-state index is 11.1. The van der Waals surface area contributed by atoms with E-state index in [1.807, 2.05) is 0 Å². The minimum absolute atomic E-state index is 0.330. The van der Waals surface area contributed by atoms with Crippen LogP contribution in [-0.4, -0.2) is 74.6 Å². The summed E-state index contributed by atoms with van der Waals surface area (Å²) in [5.41, 5.74) is -0.475.